The molecule has 0 saturated heterocycles. The zero-order chi connectivity index (χ0) is 9.87. The maximum absolute atomic E-state index is 12.0. The van der Waals surface area contributed by atoms with Crippen LogP contribution in [-0.2, 0) is 4.79 Å². The predicted octanol–water partition coefficient (Wildman–Crippen LogP) is 1.60. The van der Waals surface area contributed by atoms with Gasteiger partial charge in [-0.1, -0.05) is 13.0 Å². The fourth-order valence-corrected chi connectivity index (χ4v) is 2.75. The van der Waals surface area contributed by atoms with E-state index in [0.717, 1.165) is 12.1 Å². The Balaban J connectivity index is 2.09. The zero-order valence-electron chi connectivity index (χ0n) is 8.66. The van der Waals surface area contributed by atoms with Crippen molar-refractivity contribution < 1.29 is 4.79 Å². The maximum Gasteiger partial charge on any atom is 0.165 e. The molecule has 0 amide bonds. The molecule has 2 aliphatic carbocycles. The van der Waals surface area contributed by atoms with Crippen LogP contribution >= 0.6 is 0 Å². The molecule has 0 radical (unpaired) electrons. The van der Waals surface area contributed by atoms with Gasteiger partial charge in [0.25, 0.3) is 0 Å². The Morgan fingerprint density at radius 1 is 1.50 bits per heavy atom. The third-order valence-electron chi connectivity index (χ3n) is 3.66. The van der Waals surface area contributed by atoms with E-state index in [0.29, 0.717) is 17.6 Å². The van der Waals surface area contributed by atoms with E-state index in [4.69, 9.17) is 0 Å². The van der Waals surface area contributed by atoms with Gasteiger partial charge in [-0.25, -0.2) is 0 Å². The first-order valence-corrected chi connectivity index (χ1v) is 5.36. The Labute approximate surface area is 84.3 Å². The number of allylic oxidation sites excluding steroid dienone is 3. The highest BCUT2D eigenvalue weighted by molar-refractivity contribution is 6.00. The molecule has 0 aromatic rings. The zero-order valence-corrected chi connectivity index (χ0v) is 8.66. The Morgan fingerprint density at radius 3 is 3.07 bits per heavy atom. The first-order chi connectivity index (χ1) is 6.68. The maximum atomic E-state index is 12.0. The highest BCUT2D eigenvalue weighted by Crippen LogP contribution is 2.51. The van der Waals surface area contributed by atoms with Crippen molar-refractivity contribution in [3.63, 3.8) is 0 Å². The van der Waals surface area contributed by atoms with Crippen molar-refractivity contribution in [2.45, 2.75) is 13.3 Å². The smallest absolute Gasteiger partial charge is 0.165 e. The number of ketones is 1. The SMILES string of the molecule is CC1CN(C)C2=C(C1=O)C1CC1C=C2. The van der Waals surface area contributed by atoms with Crippen LogP contribution in [0.25, 0.3) is 0 Å². The topological polar surface area (TPSA) is 20.3 Å². The second kappa shape index (κ2) is 2.50. The van der Waals surface area contributed by atoms with Crippen LogP contribution in [-0.4, -0.2) is 24.3 Å². The van der Waals surface area contributed by atoms with Crippen LogP contribution in [0.4, 0.5) is 0 Å². The van der Waals surface area contributed by atoms with E-state index < -0.39 is 0 Å². The number of rotatable bonds is 0. The number of hydrogen-bond acceptors (Lipinski definition) is 2. The van der Waals surface area contributed by atoms with Crippen LogP contribution in [0, 0.1) is 17.8 Å². The summed E-state index contributed by atoms with van der Waals surface area (Å²) in [5.74, 6) is 1.82. The molecular formula is C12H15NO. The van der Waals surface area contributed by atoms with E-state index in [2.05, 4.69) is 24.1 Å². The molecule has 3 aliphatic rings. The summed E-state index contributed by atoms with van der Waals surface area (Å²) in [4.78, 5) is 14.3. The molecule has 74 valence electrons. The van der Waals surface area contributed by atoms with E-state index in [1.165, 1.54) is 12.1 Å². The minimum absolute atomic E-state index is 0.187. The third-order valence-corrected chi connectivity index (χ3v) is 3.66. The number of nitrogens with zero attached hydrogens (tertiary/aromatic N) is 1. The highest BCUT2D eigenvalue weighted by atomic mass is 16.1. The summed E-state index contributed by atoms with van der Waals surface area (Å²) in [6.07, 6.45) is 5.61. The summed E-state index contributed by atoms with van der Waals surface area (Å²) in [6.45, 7) is 2.91. The fourth-order valence-electron chi connectivity index (χ4n) is 2.75. The number of carbonyl (C=O) groups is 1. The van der Waals surface area contributed by atoms with E-state index in [1.54, 1.807) is 0 Å². The highest BCUT2D eigenvalue weighted by Gasteiger charge is 2.46. The lowest BCUT2D eigenvalue weighted by molar-refractivity contribution is -0.120. The van der Waals surface area contributed by atoms with Gasteiger partial charge in [0.05, 0.1) is 0 Å². The molecule has 1 fully saturated rings. The number of likely N-dealkylation sites (N-methyl/N-ethyl adjacent to an activating group) is 1. The summed E-state index contributed by atoms with van der Waals surface area (Å²) >= 11 is 0. The van der Waals surface area contributed by atoms with Gasteiger partial charge in [0.2, 0.25) is 0 Å². The molecule has 1 saturated carbocycles. The Kier molecular flexibility index (Phi) is 1.48. The van der Waals surface area contributed by atoms with Gasteiger partial charge in [-0.15, -0.1) is 0 Å². The van der Waals surface area contributed by atoms with Gasteiger partial charge in [-0.3, -0.25) is 4.79 Å². The number of hydrogen-bond donors (Lipinski definition) is 0. The van der Waals surface area contributed by atoms with Crippen molar-refractivity contribution in [1.29, 1.82) is 0 Å². The molecule has 0 N–H and O–H groups in total. The van der Waals surface area contributed by atoms with Crippen LogP contribution < -0.4 is 0 Å². The second-order valence-electron chi connectivity index (χ2n) is 4.81. The minimum Gasteiger partial charge on any atom is -0.374 e. The van der Waals surface area contributed by atoms with Gasteiger partial charge >= 0.3 is 0 Å². The first kappa shape index (κ1) is 8.27. The summed E-state index contributed by atoms with van der Waals surface area (Å²) < 4.78 is 0. The van der Waals surface area contributed by atoms with Crippen LogP contribution in [0.3, 0.4) is 0 Å². The lowest BCUT2D eigenvalue weighted by Crippen LogP contribution is -2.37. The average Bonchev–Trinajstić information content (AvgIpc) is 2.91. The molecule has 1 aliphatic heterocycles. The molecule has 14 heavy (non-hydrogen) atoms. The van der Waals surface area contributed by atoms with Crippen molar-refractivity contribution in [3.05, 3.63) is 23.4 Å². The second-order valence-corrected chi connectivity index (χ2v) is 4.81. The van der Waals surface area contributed by atoms with Crippen LogP contribution in [0.2, 0.25) is 0 Å². The quantitative estimate of drug-likeness (QED) is 0.577. The summed E-state index contributed by atoms with van der Waals surface area (Å²) in [5, 5.41) is 0. The molecule has 3 atom stereocenters. The fraction of sp³-hybridized carbons (Fsp3) is 0.583. The van der Waals surface area contributed by atoms with Crippen LogP contribution in [0.5, 0.6) is 0 Å². The monoisotopic (exact) mass is 189 g/mol. The van der Waals surface area contributed by atoms with E-state index in [9.17, 15) is 4.79 Å². The van der Waals surface area contributed by atoms with Crippen molar-refractivity contribution in [1.82, 2.24) is 4.90 Å². The van der Waals surface area contributed by atoms with E-state index in [-0.39, 0.29) is 5.92 Å². The summed E-state index contributed by atoms with van der Waals surface area (Å²) in [5.41, 5.74) is 2.31. The molecule has 0 aromatic carbocycles. The predicted molar refractivity (Wildman–Crippen MR) is 54.6 cm³/mol. The van der Waals surface area contributed by atoms with Gasteiger partial charge in [-0.05, 0) is 24.3 Å². The molecule has 2 heteroatoms. The van der Waals surface area contributed by atoms with E-state index in [1.807, 2.05) is 6.92 Å². The van der Waals surface area contributed by atoms with Crippen molar-refractivity contribution >= 4 is 5.78 Å². The molecule has 1 heterocycles. The largest absolute Gasteiger partial charge is 0.374 e. The average molecular weight is 189 g/mol. The third kappa shape index (κ3) is 0.941. The minimum atomic E-state index is 0.187. The van der Waals surface area contributed by atoms with Crippen LogP contribution in [0.15, 0.2) is 23.4 Å². The van der Waals surface area contributed by atoms with Crippen LogP contribution in [0.1, 0.15) is 13.3 Å². The number of carbonyl (C=O) groups excluding carboxylic acids is 1. The standard InChI is InChI=1S/C12H15NO/c1-7-6-13(2)10-4-3-8-5-9(8)11(10)12(7)14/h3-4,7-9H,5-6H2,1-2H3. The van der Waals surface area contributed by atoms with Gasteiger partial charge in [-0.2, -0.15) is 0 Å². The molecule has 3 rings (SSSR count). The normalized spacial score (nSPS) is 39.7. The first-order valence-electron chi connectivity index (χ1n) is 5.36. The molecule has 0 bridgehead atoms. The number of Topliss-reactive ketones (excluding diaryl/α,β-unsaturated/α-hetero) is 1. The van der Waals surface area contributed by atoms with Gasteiger partial charge < -0.3 is 4.90 Å². The Hall–Kier alpha value is -1.05. The van der Waals surface area contributed by atoms with Crippen molar-refractivity contribution in [2.24, 2.45) is 17.8 Å². The summed E-state index contributed by atoms with van der Waals surface area (Å²) in [7, 11) is 2.09. The molecule has 2 nitrogen and oxygen atoms in total. The summed E-state index contributed by atoms with van der Waals surface area (Å²) in [6, 6.07) is 0. The Morgan fingerprint density at radius 2 is 2.29 bits per heavy atom. The lowest BCUT2D eigenvalue weighted by atomic mass is 9.87. The molecule has 3 unspecified atom stereocenters. The molecule has 0 spiro atoms. The van der Waals surface area contributed by atoms with Crippen molar-refractivity contribution in [3.8, 4) is 0 Å². The van der Waals surface area contributed by atoms with Gasteiger partial charge in [0.15, 0.2) is 5.78 Å². The Bertz CT molecular complexity index is 367. The van der Waals surface area contributed by atoms with E-state index >= 15 is 0 Å². The van der Waals surface area contributed by atoms with Gasteiger partial charge in [0, 0.05) is 30.8 Å². The van der Waals surface area contributed by atoms with Gasteiger partial charge in [0.1, 0.15) is 0 Å². The molecular weight excluding hydrogens is 174 g/mol. The number of fused-ring (bicyclic) bond motifs is 2. The lowest BCUT2D eigenvalue weighted by Gasteiger charge is -2.33. The molecule has 0 aromatic heterocycles. The van der Waals surface area contributed by atoms with Crippen molar-refractivity contribution in [2.75, 3.05) is 13.6 Å².